The predicted molar refractivity (Wildman–Crippen MR) is 184 cm³/mol. The van der Waals surface area contributed by atoms with Gasteiger partial charge in [-0.25, -0.2) is 14.4 Å². The molecule has 0 spiro atoms. The van der Waals surface area contributed by atoms with Crippen molar-refractivity contribution in [2.24, 2.45) is 23.7 Å². The fraction of sp³-hybridized carbons (Fsp3) is 0.529. The van der Waals surface area contributed by atoms with E-state index >= 15 is 0 Å². The second kappa shape index (κ2) is 13.4. The van der Waals surface area contributed by atoms with Crippen LogP contribution in [0, 0.1) is 29.5 Å². The number of methoxy groups -OCH3 is 1. The number of carbonyl (C=O) groups is 2. The second-order valence-electron chi connectivity index (χ2n) is 14.7. The van der Waals surface area contributed by atoms with Gasteiger partial charge < -0.3 is 19.8 Å². The molecule has 3 aromatic rings. The highest BCUT2D eigenvalue weighted by Gasteiger charge is 2.53. The number of anilines is 3. The minimum Gasteiger partial charge on any atom is -0.469 e. The van der Waals surface area contributed by atoms with Crippen LogP contribution in [0.15, 0.2) is 36.7 Å². The highest BCUT2D eigenvalue weighted by atomic mass is 35.5. The van der Waals surface area contributed by atoms with E-state index in [-0.39, 0.29) is 40.9 Å². The van der Waals surface area contributed by atoms with Gasteiger partial charge in [0.15, 0.2) is 8.32 Å². The number of ether oxygens (including phenoxy) is 1. The summed E-state index contributed by atoms with van der Waals surface area (Å²) in [6.45, 7) is 12.8. The second-order valence-corrected chi connectivity index (χ2v) is 20.0. The number of benzene rings is 1. The third-order valence-corrected chi connectivity index (χ3v) is 15.4. The average molecular weight is 696 g/mol. The Bertz CT molecular complexity index is 1690. The molecule has 1 amide bonds. The van der Waals surface area contributed by atoms with Gasteiger partial charge in [-0.05, 0) is 73.5 Å². The van der Waals surface area contributed by atoms with Gasteiger partial charge in [0.2, 0.25) is 5.91 Å². The number of esters is 1. The van der Waals surface area contributed by atoms with Crippen molar-refractivity contribution in [1.29, 1.82) is 0 Å². The first-order valence-electron chi connectivity index (χ1n) is 16.4. The van der Waals surface area contributed by atoms with Gasteiger partial charge in [-0.2, -0.15) is 5.10 Å². The first-order valence-corrected chi connectivity index (χ1v) is 19.7. The monoisotopic (exact) mass is 695 g/mol. The number of nitrogens with one attached hydrogen (secondary N) is 2. The molecule has 7 rings (SSSR count). The Hall–Kier alpha value is -3.52. The summed E-state index contributed by atoms with van der Waals surface area (Å²) in [5.41, 5.74) is 1.57. The number of halogens is 2. The molecule has 48 heavy (non-hydrogen) atoms. The molecule has 0 radical (unpaired) electrons. The highest BCUT2D eigenvalue weighted by Crippen LogP contribution is 2.48. The number of carbonyl (C=O) groups excluding carboxylic acids is 2. The normalized spacial score (nSPS) is 23.9. The van der Waals surface area contributed by atoms with E-state index in [9.17, 15) is 14.0 Å². The molecular weight excluding hydrogens is 653 g/mol. The molecule has 2 aliphatic heterocycles. The van der Waals surface area contributed by atoms with Crippen LogP contribution < -0.4 is 10.6 Å². The number of rotatable bonds is 10. The van der Waals surface area contributed by atoms with Crippen molar-refractivity contribution in [3.05, 3.63) is 53.2 Å². The number of hydrogen-bond acceptors (Lipinski definition) is 10. The fourth-order valence-electron chi connectivity index (χ4n) is 6.63. The lowest BCUT2D eigenvalue weighted by Gasteiger charge is -2.56. The van der Waals surface area contributed by atoms with Crippen molar-refractivity contribution < 1.29 is 23.1 Å². The molecule has 2 aromatic heterocycles. The van der Waals surface area contributed by atoms with Crippen molar-refractivity contribution in [2.75, 3.05) is 30.8 Å². The van der Waals surface area contributed by atoms with Crippen LogP contribution in [0.3, 0.4) is 0 Å². The summed E-state index contributed by atoms with van der Waals surface area (Å²) in [7, 11) is -0.669. The first kappa shape index (κ1) is 34.3. The zero-order chi connectivity index (χ0) is 34.4. The van der Waals surface area contributed by atoms with E-state index in [0.29, 0.717) is 51.6 Å². The van der Waals surface area contributed by atoms with Gasteiger partial charge in [-0.3, -0.25) is 14.5 Å². The van der Waals surface area contributed by atoms with Crippen molar-refractivity contribution in [3.63, 3.8) is 0 Å². The van der Waals surface area contributed by atoms with Crippen molar-refractivity contribution in [3.8, 4) is 11.3 Å². The summed E-state index contributed by atoms with van der Waals surface area (Å²) in [4.78, 5) is 36.3. The van der Waals surface area contributed by atoms with Gasteiger partial charge >= 0.3 is 5.97 Å². The molecule has 2 saturated heterocycles. The van der Waals surface area contributed by atoms with E-state index in [2.05, 4.69) is 69.6 Å². The smallest absolute Gasteiger partial charge is 0.309 e. The summed E-state index contributed by atoms with van der Waals surface area (Å²) in [5.74, 6) is 0.747. The average Bonchev–Trinajstić information content (AvgIpc) is 3.00. The topological polar surface area (TPSA) is 131 Å². The lowest BCUT2D eigenvalue weighted by molar-refractivity contribution is -0.166. The van der Waals surface area contributed by atoms with E-state index in [0.717, 1.165) is 32.4 Å². The molecule has 2 saturated carbocycles. The van der Waals surface area contributed by atoms with Crippen LogP contribution in [0.25, 0.3) is 11.3 Å². The largest absolute Gasteiger partial charge is 0.469 e. The summed E-state index contributed by atoms with van der Waals surface area (Å²) in [6, 6.07) is 7.97. The summed E-state index contributed by atoms with van der Waals surface area (Å²) in [5, 5.41) is 15.3. The Morgan fingerprint density at radius 3 is 2.44 bits per heavy atom. The third-order valence-electron chi connectivity index (χ3n) is 10.7. The quantitative estimate of drug-likeness (QED) is 0.180. The Morgan fingerprint density at radius 2 is 1.75 bits per heavy atom. The maximum atomic E-state index is 14.8. The standard InChI is InChI=1S/C34H43ClFN7O4Si/c1-34(2,3)48(5,6)47-17-28-27(13-26(41-42-28)24-12-22(35)7-8-25(24)36)39-29-14-30(38-18-37-29)40-32(44)19-10-23(11-19)43-15-20-9-21(16-43)31(20)33(45)46-4/h7-8,12-14,18-21,23,31H,9-11,15-17H2,1-6H3,(H2,37,38,39,40,41,44). The fourth-order valence-corrected chi connectivity index (χ4v) is 7.73. The maximum absolute atomic E-state index is 14.8. The number of hydrogen-bond donors (Lipinski definition) is 2. The van der Waals surface area contributed by atoms with Gasteiger partial charge in [0.25, 0.3) is 0 Å². The summed E-state index contributed by atoms with van der Waals surface area (Å²) >= 11 is 6.17. The van der Waals surface area contributed by atoms with Crippen molar-refractivity contribution in [2.45, 2.75) is 70.8 Å². The van der Waals surface area contributed by atoms with Gasteiger partial charge in [0.1, 0.15) is 29.5 Å². The number of nitrogens with zero attached hydrogens (tertiary/aromatic N) is 5. The van der Waals surface area contributed by atoms with Crippen molar-refractivity contribution >= 4 is 49.1 Å². The first-order chi connectivity index (χ1) is 22.7. The molecule has 256 valence electrons. The van der Waals surface area contributed by atoms with Crippen LogP contribution in [-0.4, -0.2) is 71.5 Å². The van der Waals surface area contributed by atoms with Crippen LogP contribution in [0.5, 0.6) is 0 Å². The summed E-state index contributed by atoms with van der Waals surface area (Å²) < 4.78 is 26.2. The number of fused-ring (bicyclic) bond motifs is 2. The zero-order valence-corrected chi connectivity index (χ0v) is 30.0. The minimum absolute atomic E-state index is 0.0141. The third kappa shape index (κ3) is 7.10. The Balaban J connectivity index is 1.12. The molecule has 2 aliphatic carbocycles. The van der Waals surface area contributed by atoms with E-state index in [1.807, 2.05) is 0 Å². The molecule has 2 bridgehead atoms. The van der Waals surface area contributed by atoms with Crippen LogP contribution >= 0.6 is 11.6 Å². The molecule has 2 unspecified atom stereocenters. The maximum Gasteiger partial charge on any atom is 0.309 e. The molecule has 2 atom stereocenters. The van der Waals surface area contributed by atoms with Crippen LogP contribution in [-0.2, 0) is 25.4 Å². The molecule has 4 heterocycles. The highest BCUT2D eigenvalue weighted by molar-refractivity contribution is 6.74. The minimum atomic E-state index is -2.13. The van der Waals surface area contributed by atoms with E-state index in [4.69, 9.17) is 20.8 Å². The molecule has 1 aromatic carbocycles. The molecular formula is C34H43ClFN7O4Si. The molecule has 4 fully saturated rings. The lowest BCUT2D eigenvalue weighted by Crippen LogP contribution is -2.62. The molecule has 11 nitrogen and oxygen atoms in total. The lowest BCUT2D eigenvalue weighted by atomic mass is 9.60. The number of piperidine rings is 2. The van der Waals surface area contributed by atoms with E-state index < -0.39 is 14.1 Å². The van der Waals surface area contributed by atoms with E-state index in [1.165, 1.54) is 31.6 Å². The molecule has 4 aliphatic rings. The number of amides is 1. The van der Waals surface area contributed by atoms with Crippen LogP contribution in [0.4, 0.5) is 21.7 Å². The van der Waals surface area contributed by atoms with E-state index in [1.54, 1.807) is 12.1 Å². The van der Waals surface area contributed by atoms with Gasteiger partial charge in [0.05, 0.1) is 31.0 Å². The van der Waals surface area contributed by atoms with Crippen LogP contribution in [0.2, 0.25) is 23.2 Å². The zero-order valence-electron chi connectivity index (χ0n) is 28.2. The summed E-state index contributed by atoms with van der Waals surface area (Å²) in [6.07, 6.45) is 3.99. The molecule has 14 heteroatoms. The Labute approximate surface area is 286 Å². The van der Waals surface area contributed by atoms with Crippen molar-refractivity contribution in [1.82, 2.24) is 25.1 Å². The SMILES string of the molecule is COC(=O)C1C2CC1CN(C1CC(C(=O)Nc3cc(Nc4cc(-c5cc(Cl)ccc5F)nnc4CO[Si](C)(C)C(C)(C)C)ncn3)C1)C2. The van der Waals surface area contributed by atoms with Gasteiger partial charge in [-0.15, -0.1) is 5.10 Å². The Kier molecular flexibility index (Phi) is 9.60. The Morgan fingerprint density at radius 1 is 1.04 bits per heavy atom. The van der Waals surface area contributed by atoms with Crippen LogP contribution in [0.1, 0.15) is 45.7 Å². The number of aromatic nitrogens is 4. The van der Waals surface area contributed by atoms with Gasteiger partial charge in [0, 0.05) is 41.7 Å². The van der Waals surface area contributed by atoms with Gasteiger partial charge in [-0.1, -0.05) is 32.4 Å². The molecule has 2 N–H and O–H groups in total. The predicted octanol–water partition coefficient (Wildman–Crippen LogP) is 6.45.